The van der Waals surface area contributed by atoms with E-state index < -0.39 is 31.2 Å². The molecular weight excluding hydrogens is 583 g/mol. The summed E-state index contributed by atoms with van der Waals surface area (Å²) in [6.45, 7) is 9.48. The topological polar surface area (TPSA) is 68.1 Å². The van der Waals surface area contributed by atoms with Crippen LogP contribution in [0.15, 0.2) is 137 Å². The normalized spacial score (nSPS) is 13.6. The molecule has 0 aliphatic carbocycles. The Morgan fingerprint density at radius 3 is 1.95 bits per heavy atom. The number of amides is 1. The Morgan fingerprint density at radius 1 is 0.864 bits per heavy atom. The van der Waals surface area contributed by atoms with Crippen LogP contribution in [0.1, 0.15) is 38.3 Å². The fourth-order valence-corrected chi connectivity index (χ4v) is 11.3. The summed E-state index contributed by atoms with van der Waals surface area (Å²) in [4.78, 5) is 13.5. The minimum Gasteiger partial charge on any atom is -0.443 e. The Morgan fingerprint density at radius 2 is 1.41 bits per heavy atom. The van der Waals surface area contributed by atoms with Crippen LogP contribution in [0, 0.1) is 6.92 Å². The average molecular weight is 626 g/mol. The highest BCUT2D eigenvalue weighted by Crippen LogP contribution is 2.36. The van der Waals surface area contributed by atoms with Gasteiger partial charge in [-0.2, -0.15) is 0 Å². The van der Waals surface area contributed by atoms with Crippen molar-refractivity contribution in [2.24, 2.45) is 4.36 Å². The number of hydrogen-bond donors (Lipinski definition) is 1. The van der Waals surface area contributed by atoms with Gasteiger partial charge in [0.1, 0.15) is 6.61 Å². The summed E-state index contributed by atoms with van der Waals surface area (Å²) in [7, 11) is -3.49. The van der Waals surface area contributed by atoms with Crippen molar-refractivity contribution in [3.63, 3.8) is 0 Å². The quantitative estimate of drug-likeness (QED) is 0.101. The van der Waals surface area contributed by atoms with Crippen LogP contribution in [0.3, 0.4) is 0 Å². The van der Waals surface area contributed by atoms with E-state index in [-0.39, 0.29) is 17.4 Å². The van der Waals surface area contributed by atoms with Crippen LogP contribution in [-0.2, 0) is 26.5 Å². The van der Waals surface area contributed by atoms with Crippen LogP contribution >= 0.6 is 0 Å². The molecule has 5 nitrogen and oxygen atoms in total. The van der Waals surface area contributed by atoms with Crippen molar-refractivity contribution in [3.05, 3.63) is 139 Å². The van der Waals surface area contributed by atoms with Crippen molar-refractivity contribution in [1.29, 1.82) is 0 Å². The highest BCUT2D eigenvalue weighted by atomic mass is 32.2. The van der Waals surface area contributed by atoms with Crippen LogP contribution in [-0.4, -0.2) is 38.0 Å². The lowest BCUT2D eigenvalue weighted by atomic mass is 10.2. The SMILES string of the molecule is Cc1ccc(/[S@@](C[C@@H](O)/C=C\CCO[Si](c2ccccc2)(c2ccccc2)C(C)(C)C)=N/C(=O)OCc2ccccc2)cc1. The van der Waals surface area contributed by atoms with Crippen molar-refractivity contribution in [2.75, 3.05) is 12.4 Å². The fourth-order valence-electron chi connectivity index (χ4n) is 5.23. The second kappa shape index (κ2) is 15.9. The van der Waals surface area contributed by atoms with E-state index in [1.807, 2.05) is 79.7 Å². The zero-order valence-electron chi connectivity index (χ0n) is 26.1. The van der Waals surface area contributed by atoms with Gasteiger partial charge in [-0.3, -0.25) is 0 Å². The average Bonchev–Trinajstić information content (AvgIpc) is 3.02. The minimum atomic E-state index is -2.61. The van der Waals surface area contributed by atoms with Crippen molar-refractivity contribution >= 4 is 35.5 Å². The number of benzene rings is 4. The smallest absolute Gasteiger partial charge is 0.440 e. The van der Waals surface area contributed by atoms with Gasteiger partial charge in [0.05, 0.1) is 6.10 Å². The van der Waals surface area contributed by atoms with E-state index in [1.165, 1.54) is 10.4 Å². The predicted octanol–water partition coefficient (Wildman–Crippen LogP) is 7.38. The molecule has 230 valence electrons. The monoisotopic (exact) mass is 625 g/mol. The number of hydrogen-bond acceptors (Lipinski definition) is 4. The van der Waals surface area contributed by atoms with Crippen LogP contribution in [0.4, 0.5) is 4.79 Å². The molecule has 0 unspecified atom stereocenters. The van der Waals surface area contributed by atoms with E-state index in [9.17, 15) is 9.90 Å². The molecule has 4 rings (SSSR count). The van der Waals surface area contributed by atoms with E-state index in [0.29, 0.717) is 13.0 Å². The standard InChI is InChI=1S/C37H43NO4SSi/c1-30-23-25-33(26-24-30)43(38-36(40)41-28-31-16-8-5-9-17-31)29-32(39)18-14-15-27-42-44(37(2,3)4,34-19-10-6-11-20-34)35-21-12-7-13-22-35/h5-14,16-26,32,39H,15,27-29H2,1-4H3/b18-14-/t32-,43+/m0/s1. The molecule has 0 aliphatic heterocycles. The summed E-state index contributed by atoms with van der Waals surface area (Å²) >= 11 is 0. The first kappa shape index (κ1) is 33.3. The summed E-state index contributed by atoms with van der Waals surface area (Å²) < 4.78 is 16.7. The first-order chi connectivity index (χ1) is 21.2. The molecule has 0 spiro atoms. The molecule has 0 aliphatic rings. The highest BCUT2D eigenvalue weighted by molar-refractivity contribution is 7.87. The van der Waals surface area contributed by atoms with E-state index in [0.717, 1.165) is 16.0 Å². The van der Waals surface area contributed by atoms with Crippen molar-refractivity contribution < 1.29 is 19.1 Å². The van der Waals surface area contributed by atoms with Gasteiger partial charge in [-0.15, -0.1) is 4.36 Å². The summed E-state index contributed by atoms with van der Waals surface area (Å²) in [5, 5.41) is 13.4. The molecule has 2 atom stereocenters. The fraction of sp³-hybridized carbons (Fsp3) is 0.270. The zero-order chi connectivity index (χ0) is 31.4. The van der Waals surface area contributed by atoms with Crippen molar-refractivity contribution in [3.8, 4) is 0 Å². The van der Waals surface area contributed by atoms with E-state index >= 15 is 0 Å². The van der Waals surface area contributed by atoms with E-state index in [2.05, 4.69) is 73.7 Å². The molecule has 44 heavy (non-hydrogen) atoms. The highest BCUT2D eigenvalue weighted by Gasteiger charge is 2.49. The number of rotatable bonds is 12. The van der Waals surface area contributed by atoms with Gasteiger partial charge in [0, 0.05) is 17.3 Å². The largest absolute Gasteiger partial charge is 0.443 e. The van der Waals surface area contributed by atoms with Gasteiger partial charge in [0.25, 0.3) is 8.32 Å². The Hall–Kier alpha value is -3.62. The van der Waals surface area contributed by atoms with Crippen LogP contribution in [0.5, 0.6) is 0 Å². The lowest BCUT2D eigenvalue weighted by molar-refractivity contribution is 0.151. The van der Waals surface area contributed by atoms with Gasteiger partial charge in [-0.05, 0) is 46.5 Å². The maximum absolute atomic E-state index is 12.7. The maximum atomic E-state index is 12.7. The molecule has 0 fully saturated rings. The van der Waals surface area contributed by atoms with Crippen molar-refractivity contribution in [1.82, 2.24) is 0 Å². The van der Waals surface area contributed by atoms with Gasteiger partial charge in [0.15, 0.2) is 0 Å². The number of carbonyl (C=O) groups excluding carboxylic acids is 1. The summed E-state index contributed by atoms with van der Waals surface area (Å²) in [6, 6.07) is 38.6. The molecule has 4 aromatic rings. The zero-order valence-corrected chi connectivity index (χ0v) is 27.9. The molecule has 0 heterocycles. The van der Waals surface area contributed by atoms with Gasteiger partial charge < -0.3 is 14.3 Å². The first-order valence-electron chi connectivity index (χ1n) is 15.0. The number of aryl methyl sites for hydroxylation is 1. The number of nitrogens with zero attached hydrogens (tertiary/aromatic N) is 1. The number of aliphatic hydroxyl groups excluding tert-OH is 1. The molecular formula is C37H43NO4SSi. The van der Waals surface area contributed by atoms with Crippen LogP contribution in [0.2, 0.25) is 5.04 Å². The molecule has 4 aromatic carbocycles. The van der Waals surface area contributed by atoms with E-state index in [4.69, 9.17) is 9.16 Å². The minimum absolute atomic E-state index is 0.0993. The van der Waals surface area contributed by atoms with Crippen LogP contribution in [0.25, 0.3) is 0 Å². The van der Waals surface area contributed by atoms with Gasteiger partial charge >= 0.3 is 6.09 Å². The van der Waals surface area contributed by atoms with Crippen LogP contribution < -0.4 is 10.4 Å². The number of aliphatic hydroxyl groups is 1. The van der Waals surface area contributed by atoms with E-state index in [1.54, 1.807) is 6.08 Å². The summed E-state index contributed by atoms with van der Waals surface area (Å²) in [5.74, 6) is 0.287. The maximum Gasteiger partial charge on any atom is 0.440 e. The molecule has 0 aromatic heterocycles. The number of carbonyl (C=O) groups is 1. The molecule has 7 heteroatoms. The lowest BCUT2D eigenvalue weighted by Crippen LogP contribution is -2.66. The van der Waals surface area contributed by atoms with Gasteiger partial charge in [-0.25, -0.2) is 4.79 Å². The first-order valence-corrected chi connectivity index (χ1v) is 18.2. The lowest BCUT2D eigenvalue weighted by Gasteiger charge is -2.43. The third-order valence-corrected chi connectivity index (χ3v) is 14.3. The van der Waals surface area contributed by atoms with Gasteiger partial charge in [-0.1, -0.05) is 152 Å². The molecule has 0 radical (unpaired) electrons. The summed E-state index contributed by atoms with van der Waals surface area (Å²) in [5.41, 5.74) is 2.01. The third-order valence-electron chi connectivity index (χ3n) is 7.39. The van der Waals surface area contributed by atoms with Crippen molar-refractivity contribution in [2.45, 2.75) is 56.8 Å². The Kier molecular flexibility index (Phi) is 12.0. The molecule has 1 N–H and O–H groups in total. The molecule has 1 amide bonds. The second-order valence-corrected chi connectivity index (χ2v) is 17.8. The number of ether oxygens (including phenoxy) is 1. The Bertz CT molecular complexity index is 1480. The summed E-state index contributed by atoms with van der Waals surface area (Å²) in [6.07, 6.45) is 2.99. The molecule has 0 saturated heterocycles. The molecule has 0 bridgehead atoms. The van der Waals surface area contributed by atoms with Gasteiger partial charge in [0.2, 0.25) is 0 Å². The predicted molar refractivity (Wildman–Crippen MR) is 184 cm³/mol. The second-order valence-electron chi connectivity index (χ2n) is 11.8. The third kappa shape index (κ3) is 8.95. The molecule has 0 saturated carbocycles. The Labute approximate surface area is 265 Å². The Balaban J connectivity index is 1.44.